The number of amides is 1. The number of piperazine rings is 1. The Morgan fingerprint density at radius 2 is 1.78 bits per heavy atom. The number of fused-ring (bicyclic) bond motifs is 6. The average molecular weight is 509 g/mol. The van der Waals surface area contributed by atoms with E-state index in [4.69, 9.17) is 5.73 Å². The summed E-state index contributed by atoms with van der Waals surface area (Å²) >= 11 is 0. The minimum Gasteiger partial charge on any atom is -0.507 e. The monoisotopic (exact) mass is 508 g/mol. The molecule has 6 atom stereocenters. The van der Waals surface area contributed by atoms with Crippen LogP contribution < -0.4 is 11.1 Å². The van der Waals surface area contributed by atoms with Gasteiger partial charge in [-0.05, 0) is 71.2 Å². The topological polar surface area (TPSA) is 136 Å². The smallest absolute Gasteiger partial charge is 0.236 e. The van der Waals surface area contributed by atoms with Crippen LogP contribution in [-0.2, 0) is 20.8 Å². The van der Waals surface area contributed by atoms with Crippen LogP contribution >= 0.6 is 0 Å². The molecule has 9 nitrogen and oxygen atoms in total. The number of likely N-dealkylation sites (N-methyl/N-ethyl adjacent to an activating group) is 1. The second kappa shape index (κ2) is 8.87. The van der Waals surface area contributed by atoms with Crippen LogP contribution in [0.3, 0.4) is 0 Å². The first-order valence-electron chi connectivity index (χ1n) is 12.9. The number of aryl methyl sites for hydroxylation is 1. The van der Waals surface area contributed by atoms with E-state index in [0.717, 1.165) is 22.3 Å². The van der Waals surface area contributed by atoms with Crippen molar-refractivity contribution >= 4 is 17.5 Å². The number of nitrogens with two attached hydrogens (primary N) is 1. The maximum Gasteiger partial charge on any atom is 0.236 e. The molecule has 3 aliphatic heterocycles. The van der Waals surface area contributed by atoms with Crippen molar-refractivity contribution in [2.75, 3.05) is 13.6 Å². The summed E-state index contributed by atoms with van der Waals surface area (Å²) in [6.45, 7) is 8.79. The second-order valence-corrected chi connectivity index (χ2v) is 11.1. The third kappa shape index (κ3) is 3.63. The summed E-state index contributed by atoms with van der Waals surface area (Å²) in [4.78, 5) is 43.5. The second-order valence-electron chi connectivity index (χ2n) is 11.1. The number of phenolic OH excluding ortho intramolecular Hbond substituents is 1. The van der Waals surface area contributed by atoms with Gasteiger partial charge >= 0.3 is 0 Å². The van der Waals surface area contributed by atoms with E-state index in [1.165, 1.54) is 0 Å². The highest BCUT2D eigenvalue weighted by Crippen LogP contribution is 2.52. The van der Waals surface area contributed by atoms with E-state index in [0.29, 0.717) is 28.7 Å². The lowest BCUT2D eigenvalue weighted by Crippen LogP contribution is -2.71. The van der Waals surface area contributed by atoms with Gasteiger partial charge in [0.25, 0.3) is 0 Å². The highest BCUT2D eigenvalue weighted by Gasteiger charge is 2.56. The van der Waals surface area contributed by atoms with Crippen molar-refractivity contribution in [2.45, 2.75) is 83.9 Å². The highest BCUT2D eigenvalue weighted by atomic mass is 16.3. The fourth-order valence-electron chi connectivity index (χ4n) is 6.74. The molecule has 0 spiro atoms. The van der Waals surface area contributed by atoms with Crippen LogP contribution in [0.2, 0.25) is 0 Å². The number of phenols is 1. The van der Waals surface area contributed by atoms with Crippen molar-refractivity contribution in [1.82, 2.24) is 15.1 Å². The number of benzene rings is 1. The zero-order valence-corrected chi connectivity index (χ0v) is 22.3. The predicted octanol–water partition coefficient (Wildman–Crippen LogP) is 0.930. The Morgan fingerprint density at radius 1 is 1.14 bits per heavy atom. The number of rotatable bonds is 3. The molecule has 1 aliphatic carbocycles. The van der Waals surface area contributed by atoms with Gasteiger partial charge in [0.1, 0.15) is 12.0 Å². The molecule has 0 saturated carbocycles. The Kier molecular flexibility index (Phi) is 6.18. The molecule has 3 heterocycles. The quantitative estimate of drug-likeness (QED) is 0.443. The van der Waals surface area contributed by atoms with Crippen molar-refractivity contribution in [3.8, 4) is 5.75 Å². The number of aliphatic hydroxyl groups is 1. The van der Waals surface area contributed by atoms with Crippen molar-refractivity contribution in [3.05, 3.63) is 50.6 Å². The fourth-order valence-corrected chi connectivity index (χ4v) is 6.74. The maximum atomic E-state index is 13.6. The molecule has 1 saturated heterocycles. The molecule has 1 amide bonds. The van der Waals surface area contributed by atoms with E-state index in [1.807, 2.05) is 25.8 Å². The molecular formula is C28H36N4O5. The summed E-state index contributed by atoms with van der Waals surface area (Å²) in [5.41, 5.74) is 11.0. The highest BCUT2D eigenvalue weighted by molar-refractivity contribution is 6.25. The van der Waals surface area contributed by atoms with Crippen molar-refractivity contribution in [3.63, 3.8) is 0 Å². The molecular weight excluding hydrogens is 472 g/mol. The van der Waals surface area contributed by atoms with Gasteiger partial charge in [0.05, 0.1) is 24.2 Å². The zero-order chi connectivity index (χ0) is 27.1. The fraction of sp³-hybridized carbons (Fsp3) is 0.536. The lowest BCUT2D eigenvalue weighted by atomic mass is 9.70. The Labute approximate surface area is 217 Å². The van der Waals surface area contributed by atoms with Crippen LogP contribution in [0.15, 0.2) is 28.4 Å². The number of hydrogen-bond donors (Lipinski definition) is 4. The first-order chi connectivity index (χ1) is 17.4. The van der Waals surface area contributed by atoms with Gasteiger partial charge in [-0.1, -0.05) is 6.07 Å². The van der Waals surface area contributed by atoms with E-state index < -0.39 is 24.4 Å². The van der Waals surface area contributed by atoms with Gasteiger partial charge in [0, 0.05) is 40.4 Å². The van der Waals surface area contributed by atoms with Crippen LogP contribution in [0.4, 0.5) is 0 Å². The largest absolute Gasteiger partial charge is 0.507 e. The molecule has 9 heteroatoms. The summed E-state index contributed by atoms with van der Waals surface area (Å²) in [7, 11) is 1.94. The number of allylic oxidation sites excluding steroid dienone is 2. The number of nitrogens with zero attached hydrogens (tertiary/aromatic N) is 2. The van der Waals surface area contributed by atoms with Crippen molar-refractivity contribution < 1.29 is 24.6 Å². The maximum absolute atomic E-state index is 13.6. The predicted molar refractivity (Wildman–Crippen MR) is 138 cm³/mol. The lowest BCUT2D eigenvalue weighted by Gasteiger charge is -2.60. The third-order valence-corrected chi connectivity index (χ3v) is 9.10. The molecule has 5 N–H and O–H groups in total. The zero-order valence-electron chi connectivity index (χ0n) is 22.3. The number of carbonyl (C=O) groups is 3. The van der Waals surface area contributed by atoms with E-state index >= 15 is 0 Å². The van der Waals surface area contributed by atoms with Crippen LogP contribution in [-0.4, -0.2) is 81.5 Å². The van der Waals surface area contributed by atoms with Gasteiger partial charge in [0.15, 0.2) is 11.6 Å². The van der Waals surface area contributed by atoms with Gasteiger partial charge in [-0.15, -0.1) is 0 Å². The summed E-state index contributed by atoms with van der Waals surface area (Å²) in [6, 6.07) is -0.377. The molecule has 0 radical (unpaired) electrons. The number of aromatic hydroxyl groups is 1. The lowest BCUT2D eigenvalue weighted by molar-refractivity contribution is -0.166. The Hall–Kier alpha value is -2.85. The number of ketones is 2. The number of Topliss-reactive ketones (excluding diaryl/α,β-unsaturated/α-hetero) is 2. The average Bonchev–Trinajstić information content (AvgIpc) is 2.85. The SMILES string of the molecule is CC1=C(C)C(=O)C2=C(C[C@H]3C4c5c(cc(C)c(C)c5O)CC([C@H](O)N3[C@H]2CNC(=O)[C@@H](C)N)N4C)C1=O. The number of aliphatic hydroxyl groups excluding tert-OH is 1. The molecule has 1 aromatic rings. The van der Waals surface area contributed by atoms with E-state index in [1.54, 1.807) is 20.8 Å². The molecule has 37 heavy (non-hydrogen) atoms. The van der Waals surface area contributed by atoms with Crippen molar-refractivity contribution in [2.24, 2.45) is 5.73 Å². The number of hydrogen-bond acceptors (Lipinski definition) is 8. The molecule has 0 aromatic heterocycles. The Balaban J connectivity index is 1.68. The summed E-state index contributed by atoms with van der Waals surface area (Å²) in [5, 5.41) is 25.9. The van der Waals surface area contributed by atoms with E-state index in [9.17, 15) is 24.6 Å². The van der Waals surface area contributed by atoms with Crippen molar-refractivity contribution in [1.29, 1.82) is 0 Å². The standard InChI is InChI=1S/C28H36N4O5/c1-11-7-16-8-19-28(37)32-18(23(31(19)6)21(16)25(34)12(11)2)9-17-22(20(32)10-30-27(36)15(5)29)26(35)14(4)13(3)24(17)33/h7,15,18-20,23,28,34,37H,8-10,29H2,1-6H3,(H,30,36)/t15-,18+,19?,20+,23?,28+/m1/s1. The van der Waals surface area contributed by atoms with Crippen LogP contribution in [0.1, 0.15) is 55.5 Å². The summed E-state index contributed by atoms with van der Waals surface area (Å²) in [6.07, 6.45) is -0.172. The van der Waals surface area contributed by atoms with E-state index in [2.05, 4.69) is 16.3 Å². The molecule has 1 aromatic carbocycles. The Bertz CT molecular complexity index is 1300. The first-order valence-corrected chi connectivity index (χ1v) is 12.9. The van der Waals surface area contributed by atoms with Gasteiger partial charge in [-0.2, -0.15) is 0 Å². The van der Waals surface area contributed by atoms with Gasteiger partial charge in [-0.3, -0.25) is 24.2 Å². The molecule has 4 aliphatic rings. The van der Waals surface area contributed by atoms with Crippen LogP contribution in [0.5, 0.6) is 5.75 Å². The van der Waals surface area contributed by atoms with Gasteiger partial charge in [0.2, 0.25) is 5.91 Å². The number of nitrogens with one attached hydrogen (secondary N) is 1. The molecule has 2 unspecified atom stereocenters. The summed E-state index contributed by atoms with van der Waals surface area (Å²) in [5.74, 6) is -0.534. The van der Waals surface area contributed by atoms with Gasteiger partial charge in [-0.25, -0.2) is 0 Å². The third-order valence-electron chi connectivity index (χ3n) is 9.10. The first kappa shape index (κ1) is 25.8. The van der Waals surface area contributed by atoms with Crippen LogP contribution in [0.25, 0.3) is 0 Å². The summed E-state index contributed by atoms with van der Waals surface area (Å²) < 4.78 is 0. The molecule has 5 rings (SSSR count). The van der Waals surface area contributed by atoms with Crippen LogP contribution in [0, 0.1) is 13.8 Å². The Morgan fingerprint density at radius 3 is 2.43 bits per heavy atom. The van der Waals surface area contributed by atoms with E-state index in [-0.39, 0.29) is 48.3 Å². The molecule has 198 valence electrons. The normalized spacial score (nSPS) is 30.6. The molecule has 2 bridgehead atoms. The molecule has 1 fully saturated rings. The minimum absolute atomic E-state index is 0.0348. The number of carbonyl (C=O) groups excluding carboxylic acids is 3. The minimum atomic E-state index is -0.954. The van der Waals surface area contributed by atoms with Gasteiger partial charge < -0.3 is 21.3 Å².